The Morgan fingerprint density at radius 3 is 2.59 bits per heavy atom. The van der Waals surface area contributed by atoms with Crippen molar-refractivity contribution in [1.29, 1.82) is 0 Å². The number of hydrogen-bond donors (Lipinski definition) is 1. The van der Waals surface area contributed by atoms with E-state index >= 15 is 0 Å². The van der Waals surface area contributed by atoms with Crippen LogP contribution in [-0.2, 0) is 14.6 Å². The van der Waals surface area contributed by atoms with Crippen molar-refractivity contribution in [2.45, 2.75) is 24.1 Å². The molecule has 0 aliphatic carbocycles. The van der Waals surface area contributed by atoms with Crippen LogP contribution in [0, 0.1) is 6.92 Å². The third kappa shape index (κ3) is 4.14. The lowest BCUT2D eigenvalue weighted by molar-refractivity contribution is -0.120. The van der Waals surface area contributed by atoms with Gasteiger partial charge in [0.1, 0.15) is 0 Å². The highest BCUT2D eigenvalue weighted by Gasteiger charge is 2.19. The third-order valence-electron chi connectivity index (χ3n) is 3.19. The van der Waals surface area contributed by atoms with Crippen LogP contribution in [0.15, 0.2) is 34.0 Å². The fraction of sp³-hybridized carbons (Fsp3) is 0.333. The van der Waals surface area contributed by atoms with Crippen molar-refractivity contribution in [2.24, 2.45) is 0 Å². The second kappa shape index (κ2) is 7.02. The quantitative estimate of drug-likeness (QED) is 0.877. The monoisotopic (exact) mass is 338 g/mol. The molecular weight excluding hydrogens is 320 g/mol. The molecule has 0 saturated carbocycles. The van der Waals surface area contributed by atoms with Gasteiger partial charge in [0.2, 0.25) is 20.1 Å². The number of carbonyl (C=O) groups excluding carboxylic acids is 1. The average Bonchev–Trinajstić information content (AvgIpc) is 2.98. The van der Waals surface area contributed by atoms with Gasteiger partial charge in [0.25, 0.3) is 0 Å². The van der Waals surface area contributed by atoms with E-state index in [1.165, 1.54) is 7.05 Å². The lowest BCUT2D eigenvalue weighted by Gasteiger charge is -2.01. The topological polar surface area (TPSA) is 76.1 Å². The van der Waals surface area contributed by atoms with Crippen LogP contribution >= 0.6 is 11.3 Å². The van der Waals surface area contributed by atoms with Crippen molar-refractivity contribution in [3.8, 4) is 11.3 Å². The molecule has 1 amide bonds. The molecule has 2 rings (SSSR count). The summed E-state index contributed by atoms with van der Waals surface area (Å²) in [6, 6.07) is 7.77. The van der Waals surface area contributed by atoms with Gasteiger partial charge in [0, 0.05) is 24.4 Å². The maximum Gasteiger partial charge on any atom is 0.219 e. The van der Waals surface area contributed by atoms with E-state index in [-0.39, 0.29) is 22.4 Å². The highest BCUT2D eigenvalue weighted by Crippen LogP contribution is 2.25. The second-order valence-corrected chi connectivity index (χ2v) is 8.10. The van der Waals surface area contributed by atoms with E-state index in [9.17, 15) is 13.2 Å². The molecule has 0 spiro atoms. The first kappa shape index (κ1) is 16.6. The predicted octanol–water partition coefficient (Wildman–Crippen LogP) is 2.42. The summed E-state index contributed by atoms with van der Waals surface area (Å²) in [5.74, 6) is -0.226. The van der Waals surface area contributed by atoms with Crippen molar-refractivity contribution < 1.29 is 13.2 Å². The largest absolute Gasteiger partial charge is 0.359 e. The van der Waals surface area contributed by atoms with E-state index in [0.717, 1.165) is 22.5 Å². The van der Waals surface area contributed by atoms with Gasteiger partial charge in [-0.2, -0.15) is 0 Å². The molecule has 7 heteroatoms. The highest BCUT2D eigenvalue weighted by molar-refractivity contribution is 7.93. The van der Waals surface area contributed by atoms with Gasteiger partial charge in [0.05, 0.1) is 11.4 Å². The van der Waals surface area contributed by atoms with E-state index in [1.54, 1.807) is 5.38 Å². The standard InChI is InChI=1S/C15H18N2O3S2/c1-11-5-7-12(8-6-11)13-10-21-15(17-13)22(19,20)9-3-4-14(18)16-2/h5-8,10H,3-4,9H2,1-2H3,(H,16,18). The number of amides is 1. The van der Waals surface area contributed by atoms with Crippen molar-refractivity contribution in [1.82, 2.24) is 10.3 Å². The number of aryl methyl sites for hydroxylation is 1. The van der Waals surface area contributed by atoms with E-state index in [0.29, 0.717) is 12.1 Å². The van der Waals surface area contributed by atoms with Gasteiger partial charge in [-0.05, 0) is 13.3 Å². The molecule has 0 aliphatic rings. The molecule has 0 bridgehead atoms. The fourth-order valence-corrected chi connectivity index (χ4v) is 4.36. The molecule has 0 unspecified atom stereocenters. The Hall–Kier alpha value is -1.73. The summed E-state index contributed by atoms with van der Waals surface area (Å²) < 4.78 is 24.5. The number of aromatic nitrogens is 1. The van der Waals surface area contributed by atoms with Crippen LogP contribution in [0.3, 0.4) is 0 Å². The van der Waals surface area contributed by atoms with Gasteiger partial charge < -0.3 is 5.32 Å². The van der Waals surface area contributed by atoms with Crippen LogP contribution in [0.25, 0.3) is 11.3 Å². The Bertz CT molecular complexity index is 749. The number of hydrogen-bond acceptors (Lipinski definition) is 5. The molecule has 0 fully saturated rings. The molecule has 1 aromatic heterocycles. The number of sulfone groups is 1. The van der Waals surface area contributed by atoms with Crippen LogP contribution in [0.1, 0.15) is 18.4 Å². The smallest absolute Gasteiger partial charge is 0.219 e. The first-order chi connectivity index (χ1) is 10.4. The third-order valence-corrected chi connectivity index (χ3v) is 6.33. The summed E-state index contributed by atoms with van der Waals surface area (Å²) in [5.41, 5.74) is 2.70. The summed E-state index contributed by atoms with van der Waals surface area (Å²) >= 11 is 1.12. The molecule has 5 nitrogen and oxygen atoms in total. The second-order valence-electron chi connectivity index (χ2n) is 4.96. The molecule has 0 aliphatic heterocycles. The summed E-state index contributed by atoms with van der Waals surface area (Å²) in [6.07, 6.45) is 0.493. The molecule has 1 heterocycles. The van der Waals surface area contributed by atoms with Crippen molar-refractivity contribution >= 4 is 27.1 Å². The van der Waals surface area contributed by atoms with E-state index in [1.807, 2.05) is 31.2 Å². The molecule has 1 aromatic carbocycles. The molecule has 0 atom stereocenters. The lowest BCUT2D eigenvalue weighted by Crippen LogP contribution is -2.18. The normalized spacial score (nSPS) is 11.4. The van der Waals surface area contributed by atoms with Gasteiger partial charge in [-0.15, -0.1) is 11.3 Å². The van der Waals surface area contributed by atoms with Gasteiger partial charge in [-0.1, -0.05) is 29.8 Å². The van der Waals surface area contributed by atoms with Crippen LogP contribution in [0.5, 0.6) is 0 Å². The minimum Gasteiger partial charge on any atom is -0.359 e. The Labute approximate surface area is 134 Å². The van der Waals surface area contributed by atoms with Gasteiger partial charge in [-0.25, -0.2) is 13.4 Å². The average molecular weight is 338 g/mol. The Kier molecular flexibility index (Phi) is 5.31. The van der Waals surface area contributed by atoms with Crippen molar-refractivity contribution in [2.75, 3.05) is 12.8 Å². The van der Waals surface area contributed by atoms with Gasteiger partial charge in [0.15, 0.2) is 0 Å². The molecule has 22 heavy (non-hydrogen) atoms. The molecular formula is C15H18N2O3S2. The van der Waals surface area contributed by atoms with Crippen LogP contribution in [0.4, 0.5) is 0 Å². The first-order valence-corrected chi connectivity index (χ1v) is 9.41. The van der Waals surface area contributed by atoms with E-state index in [4.69, 9.17) is 0 Å². The number of benzene rings is 1. The summed E-state index contributed by atoms with van der Waals surface area (Å²) in [6.45, 7) is 1.99. The minimum atomic E-state index is -3.43. The molecule has 118 valence electrons. The first-order valence-electron chi connectivity index (χ1n) is 6.88. The van der Waals surface area contributed by atoms with E-state index < -0.39 is 9.84 Å². The van der Waals surface area contributed by atoms with Gasteiger partial charge >= 0.3 is 0 Å². The predicted molar refractivity (Wildman–Crippen MR) is 87.6 cm³/mol. The number of rotatable bonds is 6. The zero-order valence-corrected chi connectivity index (χ0v) is 14.1. The summed E-state index contributed by atoms with van der Waals surface area (Å²) in [4.78, 5) is 15.4. The fourth-order valence-electron chi connectivity index (χ4n) is 1.89. The Balaban J connectivity index is 2.09. The SMILES string of the molecule is CNC(=O)CCCS(=O)(=O)c1nc(-c2ccc(C)cc2)cs1. The maximum atomic E-state index is 12.2. The van der Waals surface area contributed by atoms with Gasteiger partial charge in [-0.3, -0.25) is 4.79 Å². The Morgan fingerprint density at radius 2 is 1.95 bits per heavy atom. The molecule has 1 N–H and O–H groups in total. The number of nitrogens with zero attached hydrogens (tertiary/aromatic N) is 1. The zero-order valence-electron chi connectivity index (χ0n) is 12.5. The van der Waals surface area contributed by atoms with Crippen LogP contribution in [-0.4, -0.2) is 32.1 Å². The zero-order chi connectivity index (χ0) is 16.2. The number of thiazole rings is 1. The van der Waals surface area contributed by atoms with E-state index in [2.05, 4.69) is 10.3 Å². The number of nitrogens with one attached hydrogen (secondary N) is 1. The van der Waals surface area contributed by atoms with Crippen molar-refractivity contribution in [3.05, 3.63) is 35.2 Å². The summed E-state index contributed by atoms with van der Waals surface area (Å²) in [7, 11) is -1.90. The number of carbonyl (C=O) groups is 1. The molecule has 2 aromatic rings. The summed E-state index contributed by atoms with van der Waals surface area (Å²) in [5, 5.41) is 4.22. The Morgan fingerprint density at radius 1 is 1.27 bits per heavy atom. The minimum absolute atomic E-state index is 0.0682. The molecule has 0 radical (unpaired) electrons. The maximum absolute atomic E-state index is 12.2. The van der Waals surface area contributed by atoms with Crippen molar-refractivity contribution in [3.63, 3.8) is 0 Å². The lowest BCUT2D eigenvalue weighted by atomic mass is 10.1. The highest BCUT2D eigenvalue weighted by atomic mass is 32.2. The molecule has 0 saturated heterocycles. The van der Waals surface area contributed by atoms with Crippen LogP contribution < -0.4 is 5.32 Å². The van der Waals surface area contributed by atoms with Crippen LogP contribution in [0.2, 0.25) is 0 Å².